The van der Waals surface area contributed by atoms with Crippen LogP contribution in [0.25, 0.3) is 10.9 Å². The topological polar surface area (TPSA) is 22.0 Å². The predicted octanol–water partition coefficient (Wildman–Crippen LogP) is 3.02. The molecule has 1 aromatic carbocycles. The van der Waals surface area contributed by atoms with Gasteiger partial charge in [0.05, 0.1) is 5.52 Å². The van der Waals surface area contributed by atoms with E-state index in [0.717, 1.165) is 37.3 Å². The van der Waals surface area contributed by atoms with E-state index in [1.165, 1.54) is 33.8 Å². The molecule has 17 heavy (non-hydrogen) atoms. The highest BCUT2D eigenvalue weighted by Gasteiger charge is 2.28. The molecule has 2 nitrogen and oxygen atoms in total. The summed E-state index contributed by atoms with van der Waals surface area (Å²) >= 11 is 1.48. The van der Waals surface area contributed by atoms with E-state index < -0.39 is 0 Å². The lowest BCUT2D eigenvalue weighted by atomic mass is 10.0. The molecular weight excluding hydrogens is 230 g/mol. The summed E-state index contributed by atoms with van der Waals surface area (Å²) in [5, 5.41) is 1.60. The summed E-state index contributed by atoms with van der Waals surface area (Å²) in [5.41, 5.74) is 5.04. The Morgan fingerprint density at radius 2 is 2.18 bits per heavy atom. The molecule has 0 fully saturated rings. The highest BCUT2D eigenvalue weighted by atomic mass is 32.2. The molecule has 0 atom stereocenters. The Bertz CT molecular complexity index is 641. The molecule has 1 aromatic heterocycles. The summed E-state index contributed by atoms with van der Waals surface area (Å²) in [6.45, 7) is 1.01. The number of carbonyl (C=O) groups excluding carboxylic acids is 1. The van der Waals surface area contributed by atoms with Crippen LogP contribution in [0.1, 0.15) is 28.0 Å². The van der Waals surface area contributed by atoms with Crippen molar-refractivity contribution >= 4 is 27.8 Å². The molecule has 2 aliphatic rings. The van der Waals surface area contributed by atoms with Crippen LogP contribution in [0.15, 0.2) is 18.2 Å². The average Bonchev–Trinajstić information content (AvgIpc) is 2.69. The van der Waals surface area contributed by atoms with Crippen molar-refractivity contribution in [3.63, 3.8) is 0 Å². The van der Waals surface area contributed by atoms with Crippen molar-refractivity contribution in [3.05, 3.63) is 35.0 Å². The van der Waals surface area contributed by atoms with Crippen LogP contribution in [0.3, 0.4) is 0 Å². The third-order valence-electron chi connectivity index (χ3n) is 3.88. The van der Waals surface area contributed by atoms with Crippen molar-refractivity contribution in [1.82, 2.24) is 4.57 Å². The molecule has 0 saturated carbocycles. The van der Waals surface area contributed by atoms with Crippen molar-refractivity contribution < 1.29 is 4.79 Å². The van der Waals surface area contributed by atoms with E-state index in [4.69, 9.17) is 0 Å². The number of rotatable bonds is 0. The van der Waals surface area contributed by atoms with Crippen LogP contribution < -0.4 is 0 Å². The Morgan fingerprint density at radius 1 is 1.24 bits per heavy atom. The van der Waals surface area contributed by atoms with Crippen LogP contribution in [0.2, 0.25) is 0 Å². The lowest BCUT2D eigenvalue weighted by Gasteiger charge is -2.18. The van der Waals surface area contributed by atoms with Crippen LogP contribution in [0.4, 0.5) is 0 Å². The second-order valence-corrected chi connectivity index (χ2v) is 5.85. The van der Waals surface area contributed by atoms with E-state index in [2.05, 4.69) is 22.8 Å². The van der Waals surface area contributed by atoms with Gasteiger partial charge in [-0.1, -0.05) is 30.0 Å². The van der Waals surface area contributed by atoms with Gasteiger partial charge in [-0.15, -0.1) is 0 Å². The zero-order valence-corrected chi connectivity index (χ0v) is 10.3. The number of aryl methyl sites for hydroxylation is 3. The fourth-order valence-electron chi connectivity index (χ4n) is 3.21. The van der Waals surface area contributed by atoms with Gasteiger partial charge in [-0.05, 0) is 30.4 Å². The lowest BCUT2D eigenvalue weighted by molar-refractivity contribution is 0.107. The summed E-state index contributed by atoms with van der Waals surface area (Å²) in [4.78, 5) is 12.1. The Balaban J connectivity index is 2.19. The van der Waals surface area contributed by atoms with Crippen molar-refractivity contribution in [1.29, 1.82) is 0 Å². The summed E-state index contributed by atoms with van der Waals surface area (Å²) < 4.78 is 2.28. The van der Waals surface area contributed by atoms with Crippen LogP contribution >= 0.6 is 11.8 Å². The molecule has 0 radical (unpaired) electrons. The number of carbonyl (C=O) groups is 1. The molecule has 0 bridgehead atoms. The lowest BCUT2D eigenvalue weighted by Crippen LogP contribution is -2.16. The van der Waals surface area contributed by atoms with Crippen LogP contribution in [-0.4, -0.2) is 15.4 Å². The maximum atomic E-state index is 12.1. The van der Waals surface area contributed by atoms with Gasteiger partial charge in [0.1, 0.15) is 5.69 Å². The second kappa shape index (κ2) is 3.39. The SMILES string of the molecule is O=C1SCCc2c1n1c3c(cccc23)CCC1. The minimum absolute atomic E-state index is 0.273. The molecular formula is C14H13NOS. The van der Waals surface area contributed by atoms with Gasteiger partial charge in [0.2, 0.25) is 5.12 Å². The number of thioether (sulfide) groups is 1. The van der Waals surface area contributed by atoms with E-state index in [0.29, 0.717) is 0 Å². The van der Waals surface area contributed by atoms with Crippen molar-refractivity contribution in [2.24, 2.45) is 0 Å². The fraction of sp³-hybridized carbons (Fsp3) is 0.357. The first-order valence-electron chi connectivity index (χ1n) is 6.16. The van der Waals surface area contributed by atoms with Crippen LogP contribution in [0, 0.1) is 0 Å². The highest BCUT2D eigenvalue weighted by Crippen LogP contribution is 2.37. The molecule has 3 heterocycles. The summed E-state index contributed by atoms with van der Waals surface area (Å²) in [6.07, 6.45) is 3.35. The van der Waals surface area contributed by atoms with Gasteiger partial charge in [-0.2, -0.15) is 0 Å². The number of para-hydroxylation sites is 1. The zero-order chi connectivity index (χ0) is 11.4. The second-order valence-electron chi connectivity index (χ2n) is 4.78. The number of fused-ring (bicyclic) bond motifs is 3. The molecule has 3 heteroatoms. The molecule has 86 valence electrons. The van der Waals surface area contributed by atoms with E-state index in [-0.39, 0.29) is 5.12 Å². The Kier molecular flexibility index (Phi) is 1.95. The monoisotopic (exact) mass is 243 g/mol. The molecule has 4 rings (SSSR count). The molecule has 0 N–H and O–H groups in total. The highest BCUT2D eigenvalue weighted by molar-refractivity contribution is 8.14. The third kappa shape index (κ3) is 1.20. The van der Waals surface area contributed by atoms with Gasteiger partial charge < -0.3 is 4.57 Å². The standard InChI is InChI=1S/C14H13NOS/c16-14-13-11(6-8-17-14)10-5-1-3-9-4-2-7-15(13)12(9)10/h1,3,5H,2,4,6-8H2. The van der Waals surface area contributed by atoms with E-state index in [1.54, 1.807) is 0 Å². The summed E-state index contributed by atoms with van der Waals surface area (Å²) in [5.74, 6) is 0.940. The summed E-state index contributed by atoms with van der Waals surface area (Å²) in [7, 11) is 0. The van der Waals surface area contributed by atoms with E-state index >= 15 is 0 Å². The van der Waals surface area contributed by atoms with Gasteiger partial charge in [0, 0.05) is 17.7 Å². The maximum absolute atomic E-state index is 12.1. The van der Waals surface area contributed by atoms with Crippen molar-refractivity contribution in [3.8, 4) is 0 Å². The number of aromatic nitrogens is 1. The largest absolute Gasteiger partial charge is 0.337 e. The number of nitrogens with zero attached hydrogens (tertiary/aromatic N) is 1. The van der Waals surface area contributed by atoms with Crippen LogP contribution in [0.5, 0.6) is 0 Å². The average molecular weight is 243 g/mol. The number of hydrogen-bond acceptors (Lipinski definition) is 2. The minimum atomic E-state index is 0.273. The van der Waals surface area contributed by atoms with E-state index in [1.807, 2.05) is 0 Å². The van der Waals surface area contributed by atoms with Crippen molar-refractivity contribution in [2.75, 3.05) is 5.75 Å². The van der Waals surface area contributed by atoms with E-state index in [9.17, 15) is 4.79 Å². The van der Waals surface area contributed by atoms with Crippen molar-refractivity contribution in [2.45, 2.75) is 25.8 Å². The predicted molar refractivity (Wildman–Crippen MR) is 70.8 cm³/mol. The summed E-state index contributed by atoms with van der Waals surface area (Å²) in [6, 6.07) is 6.53. The van der Waals surface area contributed by atoms with Gasteiger partial charge in [-0.25, -0.2) is 0 Å². The molecule has 0 saturated heterocycles. The molecule has 0 amide bonds. The Morgan fingerprint density at radius 3 is 3.12 bits per heavy atom. The molecule has 0 spiro atoms. The maximum Gasteiger partial charge on any atom is 0.236 e. The fourth-order valence-corrected chi connectivity index (χ4v) is 4.07. The Hall–Kier alpha value is -1.22. The quantitative estimate of drug-likeness (QED) is 0.709. The first kappa shape index (κ1) is 9.77. The first-order chi connectivity index (χ1) is 8.36. The van der Waals surface area contributed by atoms with Gasteiger partial charge in [0.25, 0.3) is 0 Å². The zero-order valence-electron chi connectivity index (χ0n) is 9.53. The minimum Gasteiger partial charge on any atom is -0.337 e. The number of benzene rings is 1. The molecule has 2 aliphatic heterocycles. The molecule has 2 aromatic rings. The van der Waals surface area contributed by atoms with Gasteiger partial charge >= 0.3 is 0 Å². The van der Waals surface area contributed by atoms with Gasteiger partial charge in [-0.3, -0.25) is 4.79 Å². The molecule has 0 unspecified atom stereocenters. The smallest absolute Gasteiger partial charge is 0.236 e. The third-order valence-corrected chi connectivity index (χ3v) is 4.74. The van der Waals surface area contributed by atoms with Gasteiger partial charge in [0.15, 0.2) is 0 Å². The Labute approximate surface area is 104 Å². The first-order valence-corrected chi connectivity index (χ1v) is 7.15. The number of hydrogen-bond donors (Lipinski definition) is 0. The van der Waals surface area contributed by atoms with Crippen LogP contribution in [-0.2, 0) is 19.4 Å². The molecule has 0 aliphatic carbocycles. The normalized spacial score (nSPS) is 18.5.